The average molecular weight is 210 g/mol. The lowest BCUT2D eigenvalue weighted by molar-refractivity contribution is 0.330. The number of likely N-dealkylation sites (tertiary alicyclic amines) is 1. The number of hydrogen-bond donors (Lipinski definition) is 1. The Hall–Kier alpha value is -0.0800. The van der Waals surface area contributed by atoms with Gasteiger partial charge in [-0.25, -0.2) is 0 Å². The maximum Gasteiger partial charge on any atom is -0.000664 e. The number of rotatable bonds is 6. The zero-order valence-corrected chi connectivity index (χ0v) is 10.4. The van der Waals surface area contributed by atoms with Gasteiger partial charge < -0.3 is 10.2 Å². The molecular formula is C13H26N2. The minimum Gasteiger partial charge on any atom is -0.316 e. The lowest BCUT2D eigenvalue weighted by atomic mass is 10.1. The van der Waals surface area contributed by atoms with Crippen LogP contribution >= 0.6 is 0 Å². The molecule has 0 spiro atoms. The summed E-state index contributed by atoms with van der Waals surface area (Å²) >= 11 is 0. The van der Waals surface area contributed by atoms with Gasteiger partial charge in [-0.1, -0.05) is 13.8 Å². The Kier molecular flexibility index (Phi) is 3.68. The fraction of sp³-hybridized carbons (Fsp3) is 1.00. The Balaban J connectivity index is 1.42. The van der Waals surface area contributed by atoms with Crippen molar-refractivity contribution in [2.45, 2.75) is 39.5 Å². The first-order valence-corrected chi connectivity index (χ1v) is 6.61. The minimum absolute atomic E-state index is 0.641. The van der Waals surface area contributed by atoms with E-state index in [1.807, 2.05) is 0 Å². The maximum absolute atomic E-state index is 3.60. The monoisotopic (exact) mass is 210 g/mol. The largest absolute Gasteiger partial charge is 0.316 e. The molecule has 0 aromatic rings. The number of nitrogens with one attached hydrogen (secondary N) is 1. The van der Waals surface area contributed by atoms with Crippen LogP contribution in [0.4, 0.5) is 0 Å². The van der Waals surface area contributed by atoms with E-state index in [9.17, 15) is 0 Å². The van der Waals surface area contributed by atoms with Gasteiger partial charge in [-0.2, -0.15) is 0 Å². The molecule has 1 heterocycles. The smallest absolute Gasteiger partial charge is 0.000664 e. The second-order valence-electron chi connectivity index (χ2n) is 6.00. The van der Waals surface area contributed by atoms with Crippen molar-refractivity contribution >= 4 is 0 Å². The molecule has 1 atom stereocenters. The molecule has 0 bridgehead atoms. The highest BCUT2D eigenvalue weighted by Crippen LogP contribution is 2.50. The van der Waals surface area contributed by atoms with E-state index in [4.69, 9.17) is 0 Å². The number of hydrogen-bond acceptors (Lipinski definition) is 2. The normalized spacial score (nSPS) is 29.6. The molecule has 0 amide bonds. The number of nitrogens with zero attached hydrogens (tertiary/aromatic N) is 1. The summed E-state index contributed by atoms with van der Waals surface area (Å²) in [5, 5.41) is 3.60. The first-order chi connectivity index (χ1) is 7.18. The van der Waals surface area contributed by atoms with Gasteiger partial charge >= 0.3 is 0 Å². The van der Waals surface area contributed by atoms with E-state index in [0.29, 0.717) is 5.41 Å². The van der Waals surface area contributed by atoms with Crippen molar-refractivity contribution in [3.8, 4) is 0 Å². The van der Waals surface area contributed by atoms with Crippen LogP contribution in [0.25, 0.3) is 0 Å². The van der Waals surface area contributed by atoms with Crippen LogP contribution in [0.1, 0.15) is 39.5 Å². The highest BCUT2D eigenvalue weighted by atomic mass is 15.1. The third-order valence-corrected chi connectivity index (χ3v) is 4.13. The molecule has 2 fully saturated rings. The van der Waals surface area contributed by atoms with Gasteiger partial charge in [0.1, 0.15) is 0 Å². The standard InChI is InChI=1S/C13H26N2/c1-13(2)10-12(13)11-14-6-5-9-15-7-3-4-8-15/h12,14H,3-11H2,1-2H3. The summed E-state index contributed by atoms with van der Waals surface area (Å²) in [6, 6.07) is 0. The van der Waals surface area contributed by atoms with Gasteiger partial charge in [-0.3, -0.25) is 0 Å². The topological polar surface area (TPSA) is 15.3 Å². The second kappa shape index (κ2) is 4.84. The Labute approximate surface area is 94.4 Å². The van der Waals surface area contributed by atoms with Crippen LogP contribution in [0.3, 0.4) is 0 Å². The van der Waals surface area contributed by atoms with Crippen molar-refractivity contribution in [2.24, 2.45) is 11.3 Å². The van der Waals surface area contributed by atoms with Crippen LogP contribution in [0.5, 0.6) is 0 Å². The van der Waals surface area contributed by atoms with E-state index in [2.05, 4.69) is 24.1 Å². The van der Waals surface area contributed by atoms with E-state index in [0.717, 1.165) is 5.92 Å². The summed E-state index contributed by atoms with van der Waals surface area (Å²) < 4.78 is 0. The van der Waals surface area contributed by atoms with E-state index in [1.54, 1.807) is 0 Å². The van der Waals surface area contributed by atoms with Crippen molar-refractivity contribution in [2.75, 3.05) is 32.7 Å². The third kappa shape index (κ3) is 3.46. The van der Waals surface area contributed by atoms with E-state index in [1.165, 1.54) is 58.4 Å². The fourth-order valence-corrected chi connectivity index (χ4v) is 2.63. The predicted octanol–water partition coefficient (Wildman–Crippen LogP) is 2.11. The van der Waals surface area contributed by atoms with Gasteiger partial charge in [0.25, 0.3) is 0 Å². The molecule has 0 aromatic carbocycles. The molecule has 1 unspecified atom stereocenters. The van der Waals surface area contributed by atoms with Crippen molar-refractivity contribution in [1.82, 2.24) is 10.2 Å². The molecule has 1 N–H and O–H groups in total. The molecule has 1 saturated carbocycles. The predicted molar refractivity (Wildman–Crippen MR) is 65.0 cm³/mol. The minimum atomic E-state index is 0.641. The molecule has 15 heavy (non-hydrogen) atoms. The van der Waals surface area contributed by atoms with Crippen LogP contribution in [0, 0.1) is 11.3 Å². The second-order valence-corrected chi connectivity index (χ2v) is 6.00. The van der Waals surface area contributed by atoms with Gasteiger partial charge in [-0.05, 0) is 69.7 Å². The Bertz CT molecular complexity index is 188. The van der Waals surface area contributed by atoms with Crippen molar-refractivity contribution in [3.63, 3.8) is 0 Å². The quantitative estimate of drug-likeness (QED) is 0.676. The van der Waals surface area contributed by atoms with Crippen LogP contribution in [0.2, 0.25) is 0 Å². The summed E-state index contributed by atoms with van der Waals surface area (Å²) in [7, 11) is 0. The summed E-state index contributed by atoms with van der Waals surface area (Å²) in [5.74, 6) is 0.948. The zero-order chi connectivity index (χ0) is 10.7. The lowest BCUT2D eigenvalue weighted by Gasteiger charge is -2.14. The van der Waals surface area contributed by atoms with Crippen LogP contribution in [0.15, 0.2) is 0 Å². The average Bonchev–Trinajstić information content (AvgIpc) is 2.66. The van der Waals surface area contributed by atoms with E-state index in [-0.39, 0.29) is 0 Å². The van der Waals surface area contributed by atoms with E-state index >= 15 is 0 Å². The zero-order valence-electron chi connectivity index (χ0n) is 10.4. The molecule has 0 aromatic heterocycles. The van der Waals surface area contributed by atoms with Crippen LogP contribution < -0.4 is 5.32 Å². The molecular weight excluding hydrogens is 184 g/mol. The lowest BCUT2D eigenvalue weighted by Crippen LogP contribution is -2.26. The molecule has 1 aliphatic heterocycles. The van der Waals surface area contributed by atoms with Gasteiger partial charge in [0.05, 0.1) is 0 Å². The van der Waals surface area contributed by atoms with Crippen LogP contribution in [-0.4, -0.2) is 37.6 Å². The fourth-order valence-electron chi connectivity index (χ4n) is 2.63. The van der Waals surface area contributed by atoms with Gasteiger partial charge in [0, 0.05) is 0 Å². The summed E-state index contributed by atoms with van der Waals surface area (Å²) in [5.41, 5.74) is 0.641. The summed E-state index contributed by atoms with van der Waals surface area (Å²) in [6.07, 6.45) is 5.59. The van der Waals surface area contributed by atoms with Crippen molar-refractivity contribution in [1.29, 1.82) is 0 Å². The molecule has 1 aliphatic carbocycles. The Morgan fingerprint density at radius 2 is 1.93 bits per heavy atom. The SMILES string of the molecule is CC1(C)CC1CNCCCN1CCCC1. The Morgan fingerprint density at radius 1 is 1.27 bits per heavy atom. The van der Waals surface area contributed by atoms with Gasteiger partial charge in [-0.15, -0.1) is 0 Å². The van der Waals surface area contributed by atoms with Crippen molar-refractivity contribution < 1.29 is 0 Å². The summed E-state index contributed by atoms with van der Waals surface area (Å²) in [6.45, 7) is 11.2. The highest BCUT2D eigenvalue weighted by molar-refractivity contribution is 4.95. The third-order valence-electron chi connectivity index (χ3n) is 4.13. The van der Waals surface area contributed by atoms with Gasteiger partial charge in [0.15, 0.2) is 0 Å². The van der Waals surface area contributed by atoms with Crippen LogP contribution in [-0.2, 0) is 0 Å². The molecule has 88 valence electrons. The molecule has 2 nitrogen and oxygen atoms in total. The Morgan fingerprint density at radius 3 is 2.53 bits per heavy atom. The molecule has 2 aliphatic rings. The molecule has 2 heteroatoms. The molecule has 1 saturated heterocycles. The molecule has 0 radical (unpaired) electrons. The van der Waals surface area contributed by atoms with E-state index < -0.39 is 0 Å². The summed E-state index contributed by atoms with van der Waals surface area (Å²) in [4.78, 5) is 2.60. The first-order valence-electron chi connectivity index (χ1n) is 6.61. The maximum atomic E-state index is 3.60. The highest BCUT2D eigenvalue weighted by Gasteiger charge is 2.44. The van der Waals surface area contributed by atoms with Gasteiger partial charge in [0.2, 0.25) is 0 Å². The van der Waals surface area contributed by atoms with Crippen molar-refractivity contribution in [3.05, 3.63) is 0 Å². The first kappa shape index (κ1) is 11.4. The molecule has 2 rings (SSSR count).